The molecule has 1 fully saturated rings. The Kier molecular flexibility index (Phi) is 3.41. The molecule has 1 saturated heterocycles. The van der Waals surface area contributed by atoms with Crippen molar-refractivity contribution in [1.82, 2.24) is 14.9 Å². The van der Waals surface area contributed by atoms with Gasteiger partial charge in [0.25, 0.3) is 5.91 Å². The molecule has 0 spiro atoms. The zero-order chi connectivity index (χ0) is 16.8. The van der Waals surface area contributed by atoms with Crippen LogP contribution in [-0.4, -0.2) is 26.8 Å². The van der Waals surface area contributed by atoms with E-state index in [0.717, 1.165) is 46.8 Å². The topological polar surface area (TPSA) is 46.1 Å². The third-order valence-electron chi connectivity index (χ3n) is 5.19. The van der Waals surface area contributed by atoms with Gasteiger partial charge in [0, 0.05) is 29.8 Å². The molecule has 2 bridgehead atoms. The predicted molar refractivity (Wildman–Crippen MR) is 97.4 cm³/mol. The minimum Gasteiger partial charge on any atom is -0.327 e. The normalized spacial score (nSPS) is 21.2. The van der Waals surface area contributed by atoms with Crippen molar-refractivity contribution in [3.63, 3.8) is 0 Å². The molecule has 25 heavy (non-hydrogen) atoms. The van der Waals surface area contributed by atoms with E-state index in [-0.39, 0.29) is 18.0 Å². The molecular formula is C20H17N3OS. The van der Waals surface area contributed by atoms with E-state index < -0.39 is 0 Å². The molecule has 4 nitrogen and oxygen atoms in total. The SMILES string of the molecule is O=C(c1cccs1)N1[C@H]2CC[C@@H]1c1cnc(-c3ccccc3)nc1C2. The summed E-state index contributed by atoms with van der Waals surface area (Å²) in [4.78, 5) is 25.2. The van der Waals surface area contributed by atoms with Crippen LogP contribution in [0.3, 0.4) is 0 Å². The van der Waals surface area contributed by atoms with Gasteiger partial charge < -0.3 is 4.90 Å². The Hall–Kier alpha value is -2.53. The Balaban J connectivity index is 1.52. The molecular weight excluding hydrogens is 330 g/mol. The van der Waals surface area contributed by atoms with Crippen LogP contribution in [0.15, 0.2) is 54.0 Å². The first-order chi connectivity index (χ1) is 12.3. The highest BCUT2D eigenvalue weighted by atomic mass is 32.1. The minimum absolute atomic E-state index is 0.119. The molecule has 0 radical (unpaired) electrons. The summed E-state index contributed by atoms with van der Waals surface area (Å²) in [5.41, 5.74) is 3.27. The van der Waals surface area contributed by atoms with E-state index in [0.29, 0.717) is 0 Å². The van der Waals surface area contributed by atoms with Crippen molar-refractivity contribution in [3.05, 3.63) is 70.2 Å². The van der Waals surface area contributed by atoms with Crippen LogP contribution in [0.25, 0.3) is 11.4 Å². The molecule has 0 aliphatic carbocycles. The monoisotopic (exact) mass is 347 g/mol. The molecule has 1 aromatic carbocycles. The van der Waals surface area contributed by atoms with Crippen LogP contribution in [0.1, 0.15) is 39.8 Å². The van der Waals surface area contributed by atoms with Gasteiger partial charge in [-0.1, -0.05) is 36.4 Å². The van der Waals surface area contributed by atoms with Gasteiger partial charge in [-0.25, -0.2) is 9.97 Å². The lowest BCUT2D eigenvalue weighted by molar-refractivity contribution is 0.0649. The summed E-state index contributed by atoms with van der Waals surface area (Å²) in [7, 11) is 0. The number of amides is 1. The molecule has 0 saturated carbocycles. The van der Waals surface area contributed by atoms with Gasteiger partial charge >= 0.3 is 0 Å². The second kappa shape index (κ2) is 5.77. The van der Waals surface area contributed by atoms with Crippen LogP contribution in [0.2, 0.25) is 0 Å². The van der Waals surface area contributed by atoms with Gasteiger partial charge in [0.05, 0.1) is 16.6 Å². The summed E-state index contributed by atoms with van der Waals surface area (Å²) in [6.45, 7) is 0. The van der Waals surface area contributed by atoms with Crippen molar-refractivity contribution in [3.8, 4) is 11.4 Å². The second-order valence-electron chi connectivity index (χ2n) is 6.60. The average Bonchev–Trinajstić information content (AvgIpc) is 3.29. The van der Waals surface area contributed by atoms with Gasteiger partial charge in [-0.3, -0.25) is 4.79 Å². The number of carbonyl (C=O) groups excluding carboxylic acids is 1. The third-order valence-corrected chi connectivity index (χ3v) is 6.05. The van der Waals surface area contributed by atoms with Crippen molar-refractivity contribution in [2.75, 3.05) is 0 Å². The number of nitrogens with zero attached hydrogens (tertiary/aromatic N) is 3. The van der Waals surface area contributed by atoms with Crippen LogP contribution in [0, 0.1) is 0 Å². The van der Waals surface area contributed by atoms with E-state index in [1.165, 1.54) is 11.3 Å². The van der Waals surface area contributed by atoms with Crippen LogP contribution in [-0.2, 0) is 6.42 Å². The zero-order valence-electron chi connectivity index (χ0n) is 13.6. The molecule has 2 aliphatic rings. The van der Waals surface area contributed by atoms with Gasteiger partial charge in [0.2, 0.25) is 0 Å². The van der Waals surface area contributed by atoms with E-state index in [1.54, 1.807) is 0 Å². The summed E-state index contributed by atoms with van der Waals surface area (Å²) in [5.74, 6) is 0.928. The molecule has 124 valence electrons. The quantitative estimate of drug-likeness (QED) is 0.701. The van der Waals surface area contributed by atoms with Crippen LogP contribution in [0.4, 0.5) is 0 Å². The first-order valence-corrected chi connectivity index (χ1v) is 9.46. The molecule has 4 heterocycles. The minimum atomic E-state index is 0.119. The highest BCUT2D eigenvalue weighted by Gasteiger charge is 2.43. The number of carbonyl (C=O) groups is 1. The maximum atomic E-state index is 12.9. The van der Waals surface area contributed by atoms with Crippen LogP contribution < -0.4 is 0 Å². The zero-order valence-corrected chi connectivity index (χ0v) is 14.4. The summed E-state index contributed by atoms with van der Waals surface area (Å²) in [5, 5.41) is 1.96. The van der Waals surface area contributed by atoms with E-state index >= 15 is 0 Å². The van der Waals surface area contributed by atoms with Gasteiger partial charge in [-0.05, 0) is 24.3 Å². The highest BCUT2D eigenvalue weighted by molar-refractivity contribution is 7.12. The molecule has 2 atom stereocenters. The van der Waals surface area contributed by atoms with E-state index in [1.807, 2.05) is 54.0 Å². The number of hydrogen-bond acceptors (Lipinski definition) is 4. The Morgan fingerprint density at radius 3 is 2.80 bits per heavy atom. The molecule has 2 aliphatic heterocycles. The Morgan fingerprint density at radius 1 is 1.12 bits per heavy atom. The van der Waals surface area contributed by atoms with Gasteiger partial charge in [0.1, 0.15) is 0 Å². The Bertz CT molecular complexity index is 923. The summed E-state index contributed by atoms with van der Waals surface area (Å²) < 4.78 is 0. The summed E-state index contributed by atoms with van der Waals surface area (Å²) in [6.07, 6.45) is 4.80. The second-order valence-corrected chi connectivity index (χ2v) is 7.55. The molecule has 5 heteroatoms. The maximum absolute atomic E-state index is 12.9. The summed E-state index contributed by atoms with van der Waals surface area (Å²) in [6, 6.07) is 14.3. The Labute approximate surface area is 150 Å². The van der Waals surface area contributed by atoms with Crippen molar-refractivity contribution in [2.24, 2.45) is 0 Å². The fourth-order valence-electron chi connectivity index (χ4n) is 4.04. The molecule has 3 aromatic rings. The number of aromatic nitrogens is 2. The van der Waals surface area contributed by atoms with Gasteiger partial charge in [-0.15, -0.1) is 11.3 Å². The Morgan fingerprint density at radius 2 is 2.00 bits per heavy atom. The van der Waals surface area contributed by atoms with E-state index in [9.17, 15) is 4.79 Å². The molecule has 0 N–H and O–H groups in total. The number of benzene rings is 1. The standard InChI is InChI=1S/C20H17N3OS/c24-20(18-7-4-10-25-18)23-14-8-9-17(23)15-12-21-19(22-16(15)11-14)13-5-2-1-3-6-13/h1-7,10,12,14,17H,8-9,11H2/t14-,17+/m0/s1. The van der Waals surface area contributed by atoms with Crippen molar-refractivity contribution >= 4 is 17.2 Å². The van der Waals surface area contributed by atoms with Crippen LogP contribution >= 0.6 is 11.3 Å². The number of thiophene rings is 1. The third kappa shape index (κ3) is 2.38. The molecule has 2 aromatic heterocycles. The van der Waals surface area contributed by atoms with E-state index in [4.69, 9.17) is 4.98 Å². The van der Waals surface area contributed by atoms with Gasteiger partial charge in [-0.2, -0.15) is 0 Å². The fraction of sp³-hybridized carbons (Fsp3) is 0.250. The largest absolute Gasteiger partial charge is 0.327 e. The lowest BCUT2D eigenvalue weighted by atomic mass is 9.98. The summed E-state index contributed by atoms with van der Waals surface area (Å²) >= 11 is 1.52. The molecule has 1 amide bonds. The number of rotatable bonds is 2. The van der Waals surface area contributed by atoms with E-state index in [2.05, 4.69) is 9.88 Å². The molecule has 0 unspecified atom stereocenters. The fourth-order valence-corrected chi connectivity index (χ4v) is 4.71. The van der Waals surface area contributed by atoms with Crippen LogP contribution in [0.5, 0.6) is 0 Å². The predicted octanol–water partition coefficient (Wildman–Crippen LogP) is 4.11. The lowest BCUT2D eigenvalue weighted by Crippen LogP contribution is -2.42. The van der Waals surface area contributed by atoms with Crippen molar-refractivity contribution < 1.29 is 4.79 Å². The van der Waals surface area contributed by atoms with Crippen molar-refractivity contribution in [1.29, 1.82) is 0 Å². The number of hydrogen-bond donors (Lipinski definition) is 0. The lowest BCUT2D eigenvalue weighted by Gasteiger charge is -2.35. The first-order valence-electron chi connectivity index (χ1n) is 8.58. The highest BCUT2D eigenvalue weighted by Crippen LogP contribution is 2.44. The smallest absolute Gasteiger partial charge is 0.264 e. The van der Waals surface area contributed by atoms with Crippen molar-refractivity contribution in [2.45, 2.75) is 31.3 Å². The first kappa shape index (κ1) is 14.8. The van der Waals surface area contributed by atoms with Gasteiger partial charge in [0.15, 0.2) is 5.82 Å². The average molecular weight is 347 g/mol. The molecule has 5 rings (SSSR count). The number of fused-ring (bicyclic) bond motifs is 4. The maximum Gasteiger partial charge on any atom is 0.264 e.